The van der Waals surface area contributed by atoms with Crippen LogP contribution in [0.4, 0.5) is 24.9 Å². The highest BCUT2D eigenvalue weighted by Crippen LogP contribution is 2.36. The van der Waals surface area contributed by atoms with Crippen molar-refractivity contribution >= 4 is 34.7 Å². The predicted molar refractivity (Wildman–Crippen MR) is 106 cm³/mol. The van der Waals surface area contributed by atoms with Gasteiger partial charge in [0.15, 0.2) is 0 Å². The SMILES string of the molecule is CC1COCCN1c1cc(=O)n2c(n1)N(Cc1ccc(Cl)s1)C(C(F)(F)F)CC2. The van der Waals surface area contributed by atoms with Crippen molar-refractivity contribution in [3.63, 3.8) is 0 Å². The number of anilines is 2. The average molecular weight is 449 g/mol. The van der Waals surface area contributed by atoms with Crippen molar-refractivity contribution in [3.8, 4) is 0 Å². The summed E-state index contributed by atoms with van der Waals surface area (Å²) >= 11 is 7.18. The second kappa shape index (κ2) is 7.81. The van der Waals surface area contributed by atoms with Crippen LogP contribution in [0.3, 0.4) is 0 Å². The van der Waals surface area contributed by atoms with Gasteiger partial charge in [0.25, 0.3) is 5.56 Å². The molecule has 6 nitrogen and oxygen atoms in total. The second-order valence-corrected chi connectivity index (χ2v) is 9.00. The van der Waals surface area contributed by atoms with Gasteiger partial charge in [0, 0.05) is 24.0 Å². The summed E-state index contributed by atoms with van der Waals surface area (Å²) in [5.74, 6) is 0.429. The summed E-state index contributed by atoms with van der Waals surface area (Å²) in [4.78, 5) is 21.0. The van der Waals surface area contributed by atoms with Gasteiger partial charge >= 0.3 is 6.18 Å². The van der Waals surface area contributed by atoms with Crippen LogP contribution in [0.5, 0.6) is 0 Å². The molecule has 0 amide bonds. The van der Waals surface area contributed by atoms with E-state index in [1.807, 2.05) is 11.8 Å². The van der Waals surface area contributed by atoms with E-state index in [0.29, 0.717) is 34.8 Å². The lowest BCUT2D eigenvalue weighted by atomic mass is 10.1. The minimum absolute atomic E-state index is 0.0177. The van der Waals surface area contributed by atoms with Gasteiger partial charge in [-0.2, -0.15) is 18.2 Å². The molecular formula is C18H20ClF3N4O2S. The lowest BCUT2D eigenvalue weighted by molar-refractivity contribution is -0.153. The molecule has 1 fully saturated rings. The van der Waals surface area contributed by atoms with Gasteiger partial charge < -0.3 is 14.5 Å². The molecule has 1 saturated heterocycles. The molecular weight excluding hydrogens is 429 g/mol. The molecule has 158 valence electrons. The molecule has 0 radical (unpaired) electrons. The highest BCUT2D eigenvalue weighted by molar-refractivity contribution is 7.16. The lowest BCUT2D eigenvalue weighted by Crippen LogP contribution is -2.52. The van der Waals surface area contributed by atoms with E-state index in [-0.39, 0.29) is 37.1 Å². The summed E-state index contributed by atoms with van der Waals surface area (Å²) in [6.45, 7) is 3.37. The van der Waals surface area contributed by atoms with Crippen LogP contribution in [0, 0.1) is 0 Å². The van der Waals surface area contributed by atoms with Crippen molar-refractivity contribution in [2.75, 3.05) is 29.6 Å². The minimum atomic E-state index is -4.44. The summed E-state index contributed by atoms with van der Waals surface area (Å²) < 4.78 is 48.7. The number of ether oxygens (including phenoxy) is 1. The molecule has 0 saturated carbocycles. The zero-order valence-electron chi connectivity index (χ0n) is 15.7. The fourth-order valence-corrected chi connectivity index (χ4v) is 4.89. The monoisotopic (exact) mass is 448 g/mol. The van der Waals surface area contributed by atoms with E-state index >= 15 is 0 Å². The molecule has 2 aromatic rings. The Kier molecular flexibility index (Phi) is 5.52. The number of aromatic nitrogens is 2. The van der Waals surface area contributed by atoms with E-state index in [1.165, 1.54) is 26.9 Å². The van der Waals surface area contributed by atoms with E-state index in [4.69, 9.17) is 16.3 Å². The molecule has 0 aliphatic carbocycles. The van der Waals surface area contributed by atoms with E-state index in [2.05, 4.69) is 4.98 Å². The first-order valence-corrected chi connectivity index (χ1v) is 10.5. The maximum Gasteiger partial charge on any atom is 0.408 e. The maximum absolute atomic E-state index is 13.8. The normalized spacial score (nSPS) is 22.7. The molecule has 2 aliphatic heterocycles. The van der Waals surface area contributed by atoms with Gasteiger partial charge in [0.2, 0.25) is 5.95 Å². The van der Waals surface area contributed by atoms with Gasteiger partial charge in [-0.3, -0.25) is 9.36 Å². The van der Waals surface area contributed by atoms with Crippen molar-refractivity contribution in [3.05, 3.63) is 37.8 Å². The summed E-state index contributed by atoms with van der Waals surface area (Å²) in [6, 6.07) is 3.02. The Morgan fingerprint density at radius 1 is 1.34 bits per heavy atom. The summed E-state index contributed by atoms with van der Waals surface area (Å²) in [5, 5.41) is 0. The zero-order valence-corrected chi connectivity index (χ0v) is 17.2. The van der Waals surface area contributed by atoms with Crippen molar-refractivity contribution in [2.45, 2.75) is 44.7 Å². The summed E-state index contributed by atoms with van der Waals surface area (Å²) in [7, 11) is 0. The van der Waals surface area contributed by atoms with E-state index in [1.54, 1.807) is 12.1 Å². The molecule has 29 heavy (non-hydrogen) atoms. The number of hydrogen-bond donors (Lipinski definition) is 0. The van der Waals surface area contributed by atoms with E-state index in [0.717, 1.165) is 0 Å². The molecule has 2 unspecified atom stereocenters. The first-order chi connectivity index (χ1) is 13.7. The number of morpholine rings is 1. The third-order valence-electron chi connectivity index (χ3n) is 5.23. The Morgan fingerprint density at radius 2 is 2.14 bits per heavy atom. The van der Waals surface area contributed by atoms with Gasteiger partial charge in [-0.05, 0) is 25.5 Å². The average Bonchev–Trinajstić information content (AvgIpc) is 3.06. The topological polar surface area (TPSA) is 50.6 Å². The highest BCUT2D eigenvalue weighted by Gasteiger charge is 2.47. The number of alkyl halides is 3. The van der Waals surface area contributed by atoms with Gasteiger partial charge in [-0.25, -0.2) is 0 Å². The maximum atomic E-state index is 13.8. The summed E-state index contributed by atoms with van der Waals surface area (Å²) in [6.07, 6.45) is -4.64. The number of fused-ring (bicyclic) bond motifs is 1. The van der Waals surface area contributed by atoms with Crippen LogP contribution in [0.15, 0.2) is 23.0 Å². The number of hydrogen-bond acceptors (Lipinski definition) is 6. The van der Waals surface area contributed by atoms with Crippen LogP contribution in [0.2, 0.25) is 4.34 Å². The van der Waals surface area contributed by atoms with E-state index < -0.39 is 12.2 Å². The third-order valence-corrected chi connectivity index (χ3v) is 6.44. The number of nitrogens with zero attached hydrogens (tertiary/aromatic N) is 4. The van der Waals surface area contributed by atoms with Crippen LogP contribution in [0.1, 0.15) is 18.2 Å². The fraction of sp³-hybridized carbons (Fsp3) is 0.556. The van der Waals surface area contributed by atoms with Crippen molar-refractivity contribution in [2.24, 2.45) is 0 Å². The van der Waals surface area contributed by atoms with Crippen LogP contribution in [-0.4, -0.2) is 47.6 Å². The molecule has 2 atom stereocenters. The van der Waals surface area contributed by atoms with Crippen LogP contribution in [-0.2, 0) is 17.8 Å². The Hall–Kier alpha value is -1.78. The molecule has 0 spiro atoms. The standard InChI is InChI=1S/C18H20ClF3N4O2S/c1-11-10-28-7-6-24(11)15-8-16(27)25-5-4-13(18(20,21)22)26(17(25)23-15)9-12-2-3-14(19)29-12/h2-3,8,11,13H,4-7,9-10H2,1H3. The molecule has 2 aromatic heterocycles. The third kappa shape index (κ3) is 4.10. The fourth-order valence-electron chi connectivity index (χ4n) is 3.80. The molecule has 4 rings (SSSR count). The number of rotatable bonds is 3. The molecule has 0 bridgehead atoms. The number of halogens is 4. The van der Waals surface area contributed by atoms with Crippen LogP contribution >= 0.6 is 22.9 Å². The smallest absolute Gasteiger partial charge is 0.377 e. The zero-order chi connectivity index (χ0) is 20.8. The van der Waals surface area contributed by atoms with Crippen molar-refractivity contribution in [1.29, 1.82) is 0 Å². The van der Waals surface area contributed by atoms with Crippen molar-refractivity contribution < 1.29 is 17.9 Å². The molecule has 11 heteroatoms. The van der Waals surface area contributed by atoms with Gasteiger partial charge in [0.05, 0.1) is 30.1 Å². The first-order valence-electron chi connectivity index (χ1n) is 9.28. The Balaban J connectivity index is 1.78. The van der Waals surface area contributed by atoms with Crippen LogP contribution in [0.25, 0.3) is 0 Å². The largest absolute Gasteiger partial charge is 0.408 e. The summed E-state index contributed by atoms with van der Waals surface area (Å²) in [5.41, 5.74) is -0.349. The quantitative estimate of drug-likeness (QED) is 0.719. The van der Waals surface area contributed by atoms with Crippen molar-refractivity contribution in [1.82, 2.24) is 9.55 Å². The van der Waals surface area contributed by atoms with E-state index in [9.17, 15) is 18.0 Å². The van der Waals surface area contributed by atoms with Crippen LogP contribution < -0.4 is 15.4 Å². The molecule has 0 aromatic carbocycles. The first kappa shape index (κ1) is 20.5. The molecule has 2 aliphatic rings. The molecule has 4 heterocycles. The Bertz CT molecular complexity index is 948. The highest BCUT2D eigenvalue weighted by atomic mass is 35.5. The lowest BCUT2D eigenvalue weighted by Gasteiger charge is -2.40. The van der Waals surface area contributed by atoms with Gasteiger partial charge in [-0.15, -0.1) is 11.3 Å². The second-order valence-electron chi connectivity index (χ2n) is 7.20. The molecule has 0 N–H and O–H groups in total. The van der Waals surface area contributed by atoms with Gasteiger partial charge in [0.1, 0.15) is 11.9 Å². The Morgan fingerprint density at radius 3 is 2.79 bits per heavy atom. The number of thiophene rings is 1. The Labute approximate surface area is 174 Å². The van der Waals surface area contributed by atoms with Gasteiger partial charge in [-0.1, -0.05) is 11.6 Å². The minimum Gasteiger partial charge on any atom is -0.377 e. The predicted octanol–water partition coefficient (Wildman–Crippen LogP) is 3.52.